The number of carbonyl (C=O) groups is 4. The maximum Gasteiger partial charge on any atom is 0.329 e. The number of carbonyl (C=O) groups excluding carboxylic acids is 4. The Morgan fingerprint density at radius 1 is 0.986 bits per heavy atom. The van der Waals surface area contributed by atoms with Crippen LogP contribution >= 0.6 is 0 Å². The highest BCUT2D eigenvalue weighted by atomic mass is 16.6. The first-order valence-corrected chi connectivity index (χ1v) is 24.7. The van der Waals surface area contributed by atoms with E-state index >= 15 is 0 Å². The number of hydrogen-bond acceptors (Lipinski definition) is 14. The Labute approximate surface area is 417 Å². The molecular formula is C53H81N5O11. The van der Waals surface area contributed by atoms with Crippen LogP contribution in [0.3, 0.4) is 0 Å². The molecule has 384 valence electrons. The van der Waals surface area contributed by atoms with Crippen molar-refractivity contribution in [3.8, 4) is 0 Å². The molecule has 2 saturated heterocycles. The van der Waals surface area contributed by atoms with E-state index in [2.05, 4.69) is 22.1 Å². The molecule has 1 aromatic rings. The van der Waals surface area contributed by atoms with Gasteiger partial charge < -0.3 is 38.8 Å². The van der Waals surface area contributed by atoms with Crippen molar-refractivity contribution in [2.75, 3.05) is 27.8 Å². The zero-order valence-electron chi connectivity index (χ0n) is 47.1. The number of methoxy groups -OCH3 is 3. The summed E-state index contributed by atoms with van der Waals surface area (Å²) in [5, 5.41) is 35.5. The number of ketones is 2. The second kappa shape index (κ2) is 25.8. The number of allylic oxidation sites excluding steroid dienone is 6. The minimum Gasteiger partial charge on any atom is -0.460 e. The lowest BCUT2D eigenvalue weighted by atomic mass is 9.77. The number of piperidine rings is 1. The van der Waals surface area contributed by atoms with Gasteiger partial charge in [-0.25, -0.2) is 9.48 Å². The lowest BCUT2D eigenvalue weighted by Crippen LogP contribution is -2.61. The standard InChI is InChI=1S/C53H81N5O11/c1-32-17-13-12-14-18-33(2)45(65-9)29-41-22-20-38(7)53(64,69-41)50(61)51(62)57-24-16-15-19-43(57)52(63)68-46(36(5)27-40-21-23-42(47(28-40)66-10)58-31-54-55-56-58)30-44(59)35(4)26-37(6)48(60)49(67-11)39(8)34(3)25-32/h12-14,17-18,26,31-32,34-36,38,40-43,45-49,60,64H,8,15-16,19-25,27-30H2,1-7,9-11H3/b14-12+,17-13+,33-18+,37-26+/t32-,34-,35-,36-,38-,40+,41+,42+,43+,45+,46+,47-,48-,49+,53-/m1/s1/i9D3,20D2. The number of amides is 1. The molecule has 69 heavy (non-hydrogen) atoms. The molecule has 1 saturated carbocycles. The van der Waals surface area contributed by atoms with Crippen LogP contribution in [0.4, 0.5) is 0 Å². The van der Waals surface area contributed by atoms with Gasteiger partial charge in [-0.15, -0.1) is 5.10 Å². The fourth-order valence-corrected chi connectivity index (χ4v) is 10.4. The van der Waals surface area contributed by atoms with Crippen molar-refractivity contribution in [1.82, 2.24) is 25.1 Å². The van der Waals surface area contributed by atoms with E-state index in [1.807, 2.05) is 32.9 Å². The lowest BCUT2D eigenvalue weighted by Gasteiger charge is -2.42. The van der Waals surface area contributed by atoms with E-state index < -0.39 is 85.3 Å². The van der Waals surface area contributed by atoms with E-state index in [9.17, 15) is 29.4 Å². The first-order chi connectivity index (χ1) is 34.7. The molecule has 1 aliphatic carbocycles. The summed E-state index contributed by atoms with van der Waals surface area (Å²) in [6.07, 6.45) is 7.74. The molecule has 1 amide bonds. The maximum absolute atomic E-state index is 14.6. The lowest BCUT2D eigenvalue weighted by molar-refractivity contribution is -0.265. The highest BCUT2D eigenvalue weighted by Crippen LogP contribution is 2.39. The minimum atomic E-state index is -3.02. The summed E-state index contributed by atoms with van der Waals surface area (Å²) < 4.78 is 72.9. The van der Waals surface area contributed by atoms with Crippen molar-refractivity contribution >= 4 is 23.4 Å². The average molecular weight is 969 g/mol. The van der Waals surface area contributed by atoms with Crippen LogP contribution < -0.4 is 0 Å². The van der Waals surface area contributed by atoms with E-state index in [0.717, 1.165) is 11.3 Å². The second-order valence-electron chi connectivity index (χ2n) is 20.1. The van der Waals surface area contributed by atoms with Crippen molar-refractivity contribution < 1.29 is 59.9 Å². The monoisotopic (exact) mass is 969 g/mol. The quantitative estimate of drug-likeness (QED) is 0.160. The normalized spacial score (nSPS) is 40.7. The van der Waals surface area contributed by atoms with E-state index in [4.69, 9.17) is 30.5 Å². The molecule has 5 rings (SSSR count). The molecule has 0 aromatic carbocycles. The number of ether oxygens (including phenoxy) is 5. The summed E-state index contributed by atoms with van der Waals surface area (Å²) in [6, 6.07) is -1.38. The number of tetrazole rings is 1. The topological polar surface area (TPSA) is 202 Å². The number of hydrogen-bond donors (Lipinski definition) is 2. The van der Waals surface area contributed by atoms with Gasteiger partial charge in [-0.2, -0.15) is 0 Å². The van der Waals surface area contributed by atoms with Gasteiger partial charge in [-0.3, -0.25) is 14.4 Å². The smallest absolute Gasteiger partial charge is 0.329 e. The number of Topliss-reactive ketones (excluding diaryl/α,β-unsaturated/α-hetero) is 2. The SMILES string of the molecule is [2H]C([2H])([2H])O[C@H]1C[C@@H]2CC([2H])([2H])[C@@H](C)[C@@](O)(O2)C(=O)C(=O)N2CCCC[C@H]2C(=O)O[C@H]([C@H](C)C[C@@H]2CC[C@H](n3cnnn3)[C@H](OC)C2)CC(=O)[C@H](C)/C=C(\C)[C@@H](O)[C@@H](OC)C(=C)[C@H](C)C[C@H](C)/C=C/C=C/C=C/1C. The van der Waals surface area contributed by atoms with Crippen molar-refractivity contribution in [3.63, 3.8) is 0 Å². The number of aliphatic hydroxyl groups is 2. The molecule has 4 aliphatic rings. The maximum atomic E-state index is 14.6. The third-order valence-corrected chi connectivity index (χ3v) is 14.9. The molecule has 15 atom stereocenters. The van der Waals surface area contributed by atoms with Crippen LogP contribution in [0.2, 0.25) is 0 Å². The Morgan fingerprint density at radius 3 is 2.45 bits per heavy atom. The first-order valence-electron chi connectivity index (χ1n) is 27.2. The number of fused-ring (bicyclic) bond motifs is 3. The predicted octanol–water partition coefficient (Wildman–Crippen LogP) is 7.03. The van der Waals surface area contributed by atoms with Gasteiger partial charge in [0.25, 0.3) is 11.7 Å². The van der Waals surface area contributed by atoms with Gasteiger partial charge in [0, 0.05) is 55.2 Å². The van der Waals surface area contributed by atoms with Crippen molar-refractivity contribution in [2.24, 2.45) is 35.5 Å². The van der Waals surface area contributed by atoms with Crippen LogP contribution in [0.25, 0.3) is 0 Å². The molecule has 1 aromatic heterocycles. The van der Waals surface area contributed by atoms with Crippen LogP contribution in [0.1, 0.15) is 138 Å². The summed E-state index contributed by atoms with van der Waals surface area (Å²) in [5.74, 6) is -9.52. The van der Waals surface area contributed by atoms with Crippen molar-refractivity contribution in [2.45, 2.75) is 180 Å². The number of cyclic esters (lactones) is 1. The molecule has 16 heteroatoms. The van der Waals surface area contributed by atoms with E-state index in [0.29, 0.717) is 55.2 Å². The Morgan fingerprint density at radius 2 is 1.75 bits per heavy atom. The number of aliphatic hydroxyl groups excluding tert-OH is 1. The van der Waals surface area contributed by atoms with E-state index in [1.165, 1.54) is 14.0 Å². The van der Waals surface area contributed by atoms with Gasteiger partial charge in [0.1, 0.15) is 36.5 Å². The highest BCUT2D eigenvalue weighted by Gasteiger charge is 2.53. The fourth-order valence-electron chi connectivity index (χ4n) is 10.4. The third kappa shape index (κ3) is 14.2. The number of aromatic nitrogens is 4. The molecule has 3 fully saturated rings. The minimum absolute atomic E-state index is 0.0519. The number of nitrogens with zero attached hydrogens (tertiary/aromatic N) is 5. The van der Waals surface area contributed by atoms with E-state index in [-0.39, 0.29) is 73.8 Å². The van der Waals surface area contributed by atoms with Crippen LogP contribution in [-0.2, 0) is 42.9 Å². The molecule has 16 nitrogen and oxygen atoms in total. The van der Waals surface area contributed by atoms with E-state index in [1.54, 1.807) is 63.2 Å². The van der Waals surface area contributed by atoms with Crippen LogP contribution in [0.5, 0.6) is 0 Å². The van der Waals surface area contributed by atoms with Gasteiger partial charge in [0.2, 0.25) is 5.79 Å². The summed E-state index contributed by atoms with van der Waals surface area (Å²) in [7, 11) is 0.244. The Balaban J connectivity index is 1.52. The average Bonchev–Trinajstić information content (AvgIpc) is 3.89. The first kappa shape index (κ1) is 48.4. The Bertz CT molecular complexity index is 2220. The summed E-state index contributed by atoms with van der Waals surface area (Å²) in [6.45, 7) is 16.5. The number of esters is 1. The molecule has 0 unspecified atom stereocenters. The second-order valence-corrected chi connectivity index (χ2v) is 20.1. The summed E-state index contributed by atoms with van der Waals surface area (Å²) in [5.41, 5.74) is 1.60. The third-order valence-electron chi connectivity index (χ3n) is 14.9. The molecule has 2 bridgehead atoms. The summed E-state index contributed by atoms with van der Waals surface area (Å²) in [4.78, 5) is 59.0. The highest BCUT2D eigenvalue weighted by molar-refractivity contribution is 6.39. The van der Waals surface area contributed by atoms with Gasteiger partial charge >= 0.3 is 5.97 Å². The van der Waals surface area contributed by atoms with Crippen LogP contribution in [0.15, 0.2) is 66.1 Å². The molecule has 2 N–H and O–H groups in total. The molecule has 0 spiro atoms. The molecular weight excluding hydrogens is 883 g/mol. The zero-order chi connectivity index (χ0) is 54.9. The summed E-state index contributed by atoms with van der Waals surface area (Å²) >= 11 is 0. The molecule has 0 radical (unpaired) electrons. The largest absolute Gasteiger partial charge is 0.460 e. The Hall–Kier alpha value is -4.19. The Kier molecular flexibility index (Phi) is 18.1. The van der Waals surface area contributed by atoms with Crippen molar-refractivity contribution in [1.29, 1.82) is 0 Å². The van der Waals surface area contributed by atoms with Gasteiger partial charge in [0.15, 0.2) is 0 Å². The molecule has 3 aliphatic heterocycles. The fraction of sp³-hybridized carbons (Fsp3) is 0.717. The van der Waals surface area contributed by atoms with Gasteiger partial charge in [0.05, 0.1) is 28.5 Å². The van der Waals surface area contributed by atoms with Gasteiger partial charge in [-0.1, -0.05) is 77.7 Å². The number of rotatable bonds is 7. The van der Waals surface area contributed by atoms with Crippen LogP contribution in [-0.4, -0.2) is 135 Å². The zero-order valence-corrected chi connectivity index (χ0v) is 42.1. The van der Waals surface area contributed by atoms with Crippen LogP contribution in [0, 0.1) is 35.5 Å². The van der Waals surface area contributed by atoms with Crippen molar-refractivity contribution in [3.05, 3.63) is 66.1 Å². The van der Waals surface area contributed by atoms with Gasteiger partial charge in [-0.05, 0) is 129 Å². The predicted molar refractivity (Wildman–Crippen MR) is 260 cm³/mol. The molecule has 4 heterocycles.